The Labute approximate surface area is 189 Å². The number of carbonyl (C=O) groups excluding carboxylic acids is 3. The first-order valence-electron chi connectivity index (χ1n) is 11.0. The number of anilines is 2. The third-order valence-electron chi connectivity index (χ3n) is 5.90. The van der Waals surface area contributed by atoms with Crippen molar-refractivity contribution in [3.05, 3.63) is 54.1 Å². The molecule has 0 aliphatic carbocycles. The summed E-state index contributed by atoms with van der Waals surface area (Å²) in [5.74, 6) is 0.766. The van der Waals surface area contributed by atoms with Gasteiger partial charge in [-0.3, -0.25) is 14.4 Å². The highest BCUT2D eigenvalue weighted by molar-refractivity contribution is 6.10. The number of amides is 3. The summed E-state index contributed by atoms with van der Waals surface area (Å²) >= 11 is 0. The van der Waals surface area contributed by atoms with Gasteiger partial charge in [-0.15, -0.1) is 0 Å². The van der Waals surface area contributed by atoms with E-state index in [0.29, 0.717) is 28.6 Å². The van der Waals surface area contributed by atoms with Gasteiger partial charge in [-0.25, -0.2) is 0 Å². The summed E-state index contributed by atoms with van der Waals surface area (Å²) in [6.07, 6.45) is 2.30. The zero-order valence-electron chi connectivity index (χ0n) is 19.0. The summed E-state index contributed by atoms with van der Waals surface area (Å²) in [5.41, 5.74) is 1.47. The quantitative estimate of drug-likeness (QED) is 0.711. The molecule has 3 amide bonds. The van der Waals surface area contributed by atoms with E-state index < -0.39 is 0 Å². The molecule has 7 heteroatoms. The molecule has 0 atom stereocenters. The Kier molecular flexibility index (Phi) is 7.87. The highest BCUT2D eigenvalue weighted by Crippen LogP contribution is 2.23. The second-order valence-corrected chi connectivity index (χ2v) is 8.22. The third kappa shape index (κ3) is 5.87. The summed E-state index contributed by atoms with van der Waals surface area (Å²) in [6, 6.07) is 14.0. The zero-order valence-corrected chi connectivity index (χ0v) is 19.0. The van der Waals surface area contributed by atoms with Crippen LogP contribution in [0.15, 0.2) is 48.5 Å². The fraction of sp³-hybridized carbons (Fsp3) is 0.400. The van der Waals surface area contributed by atoms with Crippen molar-refractivity contribution >= 4 is 29.1 Å². The average molecular weight is 438 g/mol. The van der Waals surface area contributed by atoms with E-state index in [9.17, 15) is 14.4 Å². The molecule has 2 aromatic carbocycles. The van der Waals surface area contributed by atoms with Crippen LogP contribution in [0.3, 0.4) is 0 Å². The lowest BCUT2D eigenvalue weighted by molar-refractivity contribution is -0.134. The number of rotatable bonds is 7. The third-order valence-corrected chi connectivity index (χ3v) is 5.90. The van der Waals surface area contributed by atoms with Gasteiger partial charge in [0, 0.05) is 44.7 Å². The molecular weight excluding hydrogens is 406 g/mol. The number of hydrogen-bond acceptors (Lipinski definition) is 4. The minimum Gasteiger partial charge on any atom is -0.497 e. The fourth-order valence-electron chi connectivity index (χ4n) is 3.79. The molecule has 0 aromatic heterocycles. The Morgan fingerprint density at radius 1 is 1.06 bits per heavy atom. The van der Waals surface area contributed by atoms with Gasteiger partial charge in [-0.05, 0) is 43.0 Å². The summed E-state index contributed by atoms with van der Waals surface area (Å²) < 4.78 is 5.20. The molecule has 32 heavy (non-hydrogen) atoms. The smallest absolute Gasteiger partial charge is 0.257 e. The number of likely N-dealkylation sites (tertiary alicyclic amines) is 1. The van der Waals surface area contributed by atoms with Crippen molar-refractivity contribution in [1.29, 1.82) is 0 Å². The van der Waals surface area contributed by atoms with Crippen LogP contribution in [0.5, 0.6) is 5.75 Å². The predicted molar refractivity (Wildman–Crippen MR) is 125 cm³/mol. The second-order valence-electron chi connectivity index (χ2n) is 8.22. The maximum absolute atomic E-state index is 12.9. The molecule has 1 heterocycles. The number of methoxy groups -OCH3 is 1. The largest absolute Gasteiger partial charge is 0.497 e. The van der Waals surface area contributed by atoms with Crippen molar-refractivity contribution in [3.8, 4) is 5.75 Å². The summed E-state index contributed by atoms with van der Waals surface area (Å²) in [7, 11) is 3.19. The molecule has 3 rings (SSSR count). The van der Waals surface area contributed by atoms with Crippen LogP contribution in [-0.2, 0) is 9.59 Å². The topological polar surface area (TPSA) is 79.0 Å². The molecule has 0 saturated carbocycles. The predicted octanol–water partition coefficient (Wildman–Crippen LogP) is 3.95. The molecule has 1 fully saturated rings. The van der Waals surface area contributed by atoms with Gasteiger partial charge in [0.15, 0.2) is 0 Å². The van der Waals surface area contributed by atoms with Gasteiger partial charge in [0.25, 0.3) is 5.91 Å². The first-order chi connectivity index (χ1) is 15.4. The van der Waals surface area contributed by atoms with Gasteiger partial charge in [0.05, 0.1) is 18.4 Å². The monoisotopic (exact) mass is 437 g/mol. The molecule has 2 aromatic rings. The molecule has 1 aliphatic heterocycles. The summed E-state index contributed by atoms with van der Waals surface area (Å²) in [5, 5.41) is 2.85. The Bertz CT molecular complexity index is 967. The lowest BCUT2D eigenvalue weighted by Gasteiger charge is -2.30. The van der Waals surface area contributed by atoms with Crippen molar-refractivity contribution < 1.29 is 19.1 Å². The molecular formula is C25H31N3O4. The van der Waals surface area contributed by atoms with E-state index in [1.807, 2.05) is 4.90 Å². The van der Waals surface area contributed by atoms with Crippen LogP contribution in [0.25, 0.3) is 0 Å². The first-order valence-corrected chi connectivity index (χ1v) is 11.0. The minimum absolute atomic E-state index is 0.0164. The van der Waals surface area contributed by atoms with Crippen LogP contribution in [0, 0.1) is 5.92 Å². The SMILES string of the molecule is COc1cccc(NC(=O)c2ccccc2N(C)C(=O)CCC(=O)N2CCC(C)CC2)c1. The zero-order chi connectivity index (χ0) is 23.1. The Morgan fingerprint density at radius 2 is 1.78 bits per heavy atom. The van der Waals surface area contributed by atoms with E-state index in [2.05, 4.69) is 12.2 Å². The standard InChI is InChI=1S/C25H31N3O4/c1-18-13-15-28(16-14-18)24(30)12-11-23(29)27(2)22-10-5-4-9-21(22)25(31)26-19-7-6-8-20(17-19)32-3/h4-10,17-18H,11-16H2,1-3H3,(H,26,31). The van der Waals surface area contributed by atoms with Gasteiger partial charge in [-0.2, -0.15) is 0 Å². The fourth-order valence-corrected chi connectivity index (χ4v) is 3.79. The Hall–Kier alpha value is -3.35. The van der Waals surface area contributed by atoms with Crippen LogP contribution in [0.1, 0.15) is 43.0 Å². The first kappa shape index (κ1) is 23.3. The van der Waals surface area contributed by atoms with E-state index in [4.69, 9.17) is 4.74 Å². The lowest BCUT2D eigenvalue weighted by atomic mass is 9.99. The van der Waals surface area contributed by atoms with Crippen molar-refractivity contribution in [2.75, 3.05) is 37.5 Å². The molecule has 1 aliphatic rings. The molecule has 170 valence electrons. The van der Waals surface area contributed by atoms with Crippen LogP contribution >= 0.6 is 0 Å². The molecule has 0 radical (unpaired) electrons. The molecule has 1 N–H and O–H groups in total. The lowest BCUT2D eigenvalue weighted by Crippen LogP contribution is -2.38. The number of nitrogens with one attached hydrogen (secondary N) is 1. The van der Waals surface area contributed by atoms with E-state index in [-0.39, 0.29) is 30.6 Å². The number of para-hydroxylation sites is 1. The maximum Gasteiger partial charge on any atom is 0.257 e. The molecule has 0 unspecified atom stereocenters. The van der Waals surface area contributed by atoms with Crippen LogP contribution in [-0.4, -0.2) is 49.9 Å². The molecule has 0 spiro atoms. The van der Waals surface area contributed by atoms with Gasteiger partial charge in [0.2, 0.25) is 11.8 Å². The van der Waals surface area contributed by atoms with E-state index in [0.717, 1.165) is 25.9 Å². The minimum atomic E-state index is -0.327. The Morgan fingerprint density at radius 3 is 2.50 bits per heavy atom. The Balaban J connectivity index is 1.63. The number of benzene rings is 2. The van der Waals surface area contributed by atoms with Crippen LogP contribution in [0.2, 0.25) is 0 Å². The maximum atomic E-state index is 12.9. The van der Waals surface area contributed by atoms with Gasteiger partial charge in [-0.1, -0.05) is 25.1 Å². The molecule has 7 nitrogen and oxygen atoms in total. The molecule has 0 bridgehead atoms. The highest BCUT2D eigenvalue weighted by Gasteiger charge is 2.23. The number of carbonyl (C=O) groups is 3. The summed E-state index contributed by atoms with van der Waals surface area (Å²) in [4.78, 5) is 41.5. The van der Waals surface area contributed by atoms with E-state index >= 15 is 0 Å². The van der Waals surface area contributed by atoms with Crippen molar-refractivity contribution in [2.45, 2.75) is 32.6 Å². The number of nitrogens with zero attached hydrogens (tertiary/aromatic N) is 2. The van der Waals surface area contributed by atoms with Crippen molar-refractivity contribution in [2.24, 2.45) is 5.92 Å². The molecule has 1 saturated heterocycles. The van der Waals surface area contributed by atoms with Gasteiger partial charge in [0.1, 0.15) is 5.75 Å². The van der Waals surface area contributed by atoms with Crippen molar-refractivity contribution in [1.82, 2.24) is 4.90 Å². The average Bonchev–Trinajstić information content (AvgIpc) is 2.82. The number of hydrogen-bond donors (Lipinski definition) is 1. The summed E-state index contributed by atoms with van der Waals surface area (Å²) in [6.45, 7) is 3.72. The highest BCUT2D eigenvalue weighted by atomic mass is 16.5. The number of piperidine rings is 1. The van der Waals surface area contributed by atoms with Crippen LogP contribution < -0.4 is 15.0 Å². The van der Waals surface area contributed by atoms with E-state index in [1.165, 1.54) is 4.90 Å². The second kappa shape index (κ2) is 10.8. The van der Waals surface area contributed by atoms with Crippen LogP contribution in [0.4, 0.5) is 11.4 Å². The van der Waals surface area contributed by atoms with E-state index in [1.54, 1.807) is 62.7 Å². The van der Waals surface area contributed by atoms with Gasteiger partial charge < -0.3 is 19.9 Å². The van der Waals surface area contributed by atoms with Crippen molar-refractivity contribution in [3.63, 3.8) is 0 Å². The number of ether oxygens (including phenoxy) is 1. The van der Waals surface area contributed by atoms with Gasteiger partial charge >= 0.3 is 0 Å². The normalized spacial score (nSPS) is 14.0.